The molecule has 0 radical (unpaired) electrons. The zero-order valence-electron chi connectivity index (χ0n) is 11.7. The fourth-order valence-electron chi connectivity index (χ4n) is 3.62. The van der Waals surface area contributed by atoms with Crippen LogP contribution >= 0.6 is 0 Å². The van der Waals surface area contributed by atoms with E-state index in [4.69, 9.17) is 9.47 Å². The van der Waals surface area contributed by atoms with Gasteiger partial charge < -0.3 is 9.47 Å². The predicted molar refractivity (Wildman–Crippen MR) is 77.2 cm³/mol. The molecule has 0 bridgehead atoms. The van der Waals surface area contributed by atoms with E-state index in [0.717, 1.165) is 17.1 Å². The Labute approximate surface area is 123 Å². The normalized spacial score (nSPS) is 29.2. The Bertz CT molecular complexity index is 587. The van der Waals surface area contributed by atoms with Crippen LogP contribution in [0.5, 0.6) is 11.5 Å². The zero-order valence-corrected chi connectivity index (χ0v) is 11.7. The summed E-state index contributed by atoms with van der Waals surface area (Å²) in [6, 6.07) is 5.59. The van der Waals surface area contributed by atoms with Crippen LogP contribution in [0.4, 0.5) is 0 Å². The molecule has 0 saturated heterocycles. The second-order valence-electron chi connectivity index (χ2n) is 5.98. The molecule has 1 amide bonds. The van der Waals surface area contributed by atoms with Crippen molar-refractivity contribution in [2.24, 2.45) is 22.9 Å². The fraction of sp³-hybridized carbons (Fsp3) is 0.500. The zero-order chi connectivity index (χ0) is 14.2. The maximum Gasteiger partial charge on any atom is 0.243 e. The van der Waals surface area contributed by atoms with Gasteiger partial charge in [0.25, 0.3) is 0 Å². The van der Waals surface area contributed by atoms with Crippen LogP contribution < -0.4 is 14.9 Å². The van der Waals surface area contributed by atoms with Crippen LogP contribution in [0.3, 0.4) is 0 Å². The van der Waals surface area contributed by atoms with Gasteiger partial charge >= 0.3 is 0 Å². The number of carbonyl (C=O) groups is 1. The lowest BCUT2D eigenvalue weighted by atomic mass is 10.0. The molecule has 1 aliphatic heterocycles. The number of nitrogens with zero attached hydrogens (tertiary/aromatic N) is 1. The second kappa shape index (κ2) is 5.06. The van der Waals surface area contributed by atoms with E-state index in [1.165, 1.54) is 25.7 Å². The van der Waals surface area contributed by atoms with Crippen molar-refractivity contribution in [2.45, 2.75) is 25.7 Å². The Balaban J connectivity index is 1.35. The van der Waals surface area contributed by atoms with Gasteiger partial charge in [0.2, 0.25) is 12.7 Å². The smallest absolute Gasteiger partial charge is 0.243 e. The molecule has 0 aromatic heterocycles. The molecular weight excluding hydrogens is 268 g/mol. The van der Waals surface area contributed by atoms with Gasteiger partial charge in [-0.15, -0.1) is 0 Å². The van der Waals surface area contributed by atoms with Crippen LogP contribution in [-0.4, -0.2) is 18.9 Å². The molecule has 3 aliphatic rings. The first-order chi connectivity index (χ1) is 10.3. The predicted octanol–water partition coefficient (Wildman–Crippen LogP) is 2.30. The van der Waals surface area contributed by atoms with E-state index in [2.05, 4.69) is 10.5 Å². The fourth-order valence-corrected chi connectivity index (χ4v) is 3.62. The maximum absolute atomic E-state index is 12.1. The van der Waals surface area contributed by atoms with Gasteiger partial charge in [-0.2, -0.15) is 5.10 Å². The van der Waals surface area contributed by atoms with Crippen molar-refractivity contribution in [2.75, 3.05) is 6.79 Å². The molecule has 21 heavy (non-hydrogen) atoms. The number of hydrazone groups is 1. The van der Waals surface area contributed by atoms with Crippen molar-refractivity contribution in [1.82, 2.24) is 5.43 Å². The Morgan fingerprint density at radius 2 is 1.95 bits per heavy atom. The van der Waals surface area contributed by atoms with Crippen molar-refractivity contribution in [1.29, 1.82) is 0 Å². The first kappa shape index (κ1) is 12.7. The van der Waals surface area contributed by atoms with E-state index in [0.29, 0.717) is 11.8 Å². The number of amides is 1. The molecule has 5 heteroatoms. The van der Waals surface area contributed by atoms with Gasteiger partial charge in [0.05, 0.1) is 6.21 Å². The monoisotopic (exact) mass is 286 g/mol. The van der Waals surface area contributed by atoms with Crippen LogP contribution in [0.2, 0.25) is 0 Å². The lowest BCUT2D eigenvalue weighted by Gasteiger charge is -2.04. The molecule has 2 aliphatic carbocycles. The number of benzene rings is 1. The van der Waals surface area contributed by atoms with Crippen LogP contribution in [0.25, 0.3) is 0 Å². The summed E-state index contributed by atoms with van der Waals surface area (Å²) in [6.07, 6.45) is 6.59. The van der Waals surface area contributed by atoms with Crippen molar-refractivity contribution >= 4 is 12.1 Å². The van der Waals surface area contributed by atoms with Gasteiger partial charge in [-0.25, -0.2) is 5.43 Å². The summed E-state index contributed by atoms with van der Waals surface area (Å²) in [5.41, 5.74) is 3.56. The molecule has 1 N–H and O–H groups in total. The molecule has 1 heterocycles. The SMILES string of the molecule is O=C(N/N=C\c1ccc2c(c1)OCO2)C1[C@H]2CCCC[C@H]12. The van der Waals surface area contributed by atoms with Gasteiger partial charge in [0.1, 0.15) is 0 Å². The Morgan fingerprint density at radius 3 is 2.76 bits per heavy atom. The van der Waals surface area contributed by atoms with Crippen molar-refractivity contribution in [3.63, 3.8) is 0 Å². The topological polar surface area (TPSA) is 59.9 Å². The summed E-state index contributed by atoms with van der Waals surface area (Å²) in [5.74, 6) is 2.96. The molecule has 2 fully saturated rings. The van der Waals surface area contributed by atoms with Crippen LogP contribution in [0.15, 0.2) is 23.3 Å². The summed E-state index contributed by atoms with van der Waals surface area (Å²) in [4.78, 5) is 12.1. The highest BCUT2D eigenvalue weighted by Crippen LogP contribution is 2.55. The quantitative estimate of drug-likeness (QED) is 0.685. The molecule has 1 aromatic carbocycles. The Hall–Kier alpha value is -2.04. The highest BCUT2D eigenvalue weighted by Gasteiger charge is 2.54. The third-order valence-corrected chi connectivity index (χ3v) is 4.74. The van der Waals surface area contributed by atoms with Crippen LogP contribution in [-0.2, 0) is 4.79 Å². The third-order valence-electron chi connectivity index (χ3n) is 4.74. The Morgan fingerprint density at radius 1 is 1.19 bits per heavy atom. The molecule has 2 saturated carbocycles. The first-order valence-electron chi connectivity index (χ1n) is 7.55. The number of hydrogen-bond donors (Lipinski definition) is 1. The van der Waals surface area contributed by atoms with Crippen molar-refractivity contribution in [3.8, 4) is 11.5 Å². The number of carbonyl (C=O) groups excluding carboxylic acids is 1. The van der Waals surface area contributed by atoms with Crippen LogP contribution in [0, 0.1) is 17.8 Å². The van der Waals surface area contributed by atoms with Gasteiger partial charge in [-0.3, -0.25) is 4.79 Å². The summed E-state index contributed by atoms with van der Waals surface area (Å²) >= 11 is 0. The average molecular weight is 286 g/mol. The summed E-state index contributed by atoms with van der Waals surface area (Å²) in [5, 5.41) is 4.07. The molecule has 0 spiro atoms. The molecule has 110 valence electrons. The van der Waals surface area contributed by atoms with E-state index >= 15 is 0 Å². The van der Waals surface area contributed by atoms with E-state index < -0.39 is 0 Å². The number of rotatable bonds is 3. The highest BCUT2D eigenvalue weighted by molar-refractivity contribution is 5.85. The summed E-state index contributed by atoms with van der Waals surface area (Å²) < 4.78 is 10.6. The minimum Gasteiger partial charge on any atom is -0.454 e. The summed E-state index contributed by atoms with van der Waals surface area (Å²) in [7, 11) is 0. The number of fused-ring (bicyclic) bond motifs is 2. The van der Waals surface area contributed by atoms with Gasteiger partial charge in [0, 0.05) is 5.92 Å². The van der Waals surface area contributed by atoms with Crippen molar-refractivity contribution < 1.29 is 14.3 Å². The number of nitrogens with one attached hydrogen (secondary N) is 1. The largest absolute Gasteiger partial charge is 0.454 e. The molecule has 0 unspecified atom stereocenters. The second-order valence-corrected chi connectivity index (χ2v) is 5.98. The van der Waals surface area contributed by atoms with Gasteiger partial charge in [0.15, 0.2) is 11.5 Å². The van der Waals surface area contributed by atoms with Crippen molar-refractivity contribution in [3.05, 3.63) is 23.8 Å². The van der Waals surface area contributed by atoms with Gasteiger partial charge in [-0.1, -0.05) is 12.8 Å². The average Bonchev–Trinajstić information content (AvgIpc) is 3.06. The lowest BCUT2D eigenvalue weighted by molar-refractivity contribution is -0.122. The minimum absolute atomic E-state index is 0.0730. The molecule has 2 atom stereocenters. The number of hydrogen-bond acceptors (Lipinski definition) is 4. The van der Waals surface area contributed by atoms with E-state index in [1.54, 1.807) is 6.21 Å². The first-order valence-corrected chi connectivity index (χ1v) is 7.55. The van der Waals surface area contributed by atoms with Gasteiger partial charge in [-0.05, 0) is 48.4 Å². The molecule has 1 aromatic rings. The highest BCUT2D eigenvalue weighted by atomic mass is 16.7. The number of ether oxygens (including phenoxy) is 2. The lowest BCUT2D eigenvalue weighted by Crippen LogP contribution is -2.20. The standard InChI is InChI=1S/C16H18N2O3/c19-16(15-11-3-1-2-4-12(11)15)18-17-8-10-5-6-13-14(7-10)21-9-20-13/h5-8,11-12,15H,1-4,9H2,(H,18,19)/b17-8-/t11-,12-/m0/s1. The summed E-state index contributed by atoms with van der Waals surface area (Å²) in [6.45, 7) is 0.261. The van der Waals surface area contributed by atoms with Crippen LogP contribution in [0.1, 0.15) is 31.2 Å². The van der Waals surface area contributed by atoms with E-state index in [1.807, 2.05) is 18.2 Å². The maximum atomic E-state index is 12.1. The molecule has 5 nitrogen and oxygen atoms in total. The molecule has 4 rings (SSSR count). The molecular formula is C16H18N2O3. The minimum atomic E-state index is 0.0730. The van der Waals surface area contributed by atoms with E-state index in [9.17, 15) is 4.79 Å². The van der Waals surface area contributed by atoms with E-state index in [-0.39, 0.29) is 18.6 Å². The third kappa shape index (κ3) is 2.37. The Kier molecular flexibility index (Phi) is 3.05.